The van der Waals surface area contributed by atoms with Crippen LogP contribution in [0.1, 0.15) is 45.1 Å². The standard InChI is InChI=1S/C15H21FO/c1-11(2)12-7-5-6-10-15(12,17)13-8-3-4-9-14(13)16/h3-4,8-9,11-12,17H,5-7,10H2,1-2H3. The van der Waals surface area contributed by atoms with Gasteiger partial charge in [-0.05, 0) is 30.7 Å². The van der Waals surface area contributed by atoms with Gasteiger partial charge in [-0.2, -0.15) is 0 Å². The molecule has 0 amide bonds. The molecule has 0 aromatic heterocycles. The van der Waals surface area contributed by atoms with Gasteiger partial charge >= 0.3 is 0 Å². The normalized spacial score (nSPS) is 29.6. The zero-order valence-corrected chi connectivity index (χ0v) is 10.6. The van der Waals surface area contributed by atoms with Crippen LogP contribution in [0.5, 0.6) is 0 Å². The third-order valence-corrected chi connectivity index (χ3v) is 4.08. The van der Waals surface area contributed by atoms with Crippen molar-refractivity contribution in [3.8, 4) is 0 Å². The predicted octanol–water partition coefficient (Wildman–Crippen LogP) is 3.86. The van der Waals surface area contributed by atoms with Gasteiger partial charge in [0.2, 0.25) is 0 Å². The van der Waals surface area contributed by atoms with Crippen LogP contribution in [0, 0.1) is 17.7 Å². The lowest BCUT2D eigenvalue weighted by molar-refractivity contribution is -0.0745. The molecule has 1 aromatic carbocycles. The number of halogens is 1. The second-order valence-electron chi connectivity index (χ2n) is 5.50. The quantitative estimate of drug-likeness (QED) is 0.826. The van der Waals surface area contributed by atoms with Gasteiger partial charge in [0.05, 0.1) is 5.60 Å². The molecule has 2 rings (SSSR count). The van der Waals surface area contributed by atoms with Crippen LogP contribution in [-0.4, -0.2) is 5.11 Å². The minimum Gasteiger partial charge on any atom is -0.385 e. The summed E-state index contributed by atoms with van der Waals surface area (Å²) in [6.07, 6.45) is 3.78. The molecule has 2 atom stereocenters. The van der Waals surface area contributed by atoms with Crippen LogP contribution in [0.4, 0.5) is 4.39 Å². The van der Waals surface area contributed by atoms with Crippen LogP contribution >= 0.6 is 0 Å². The highest BCUT2D eigenvalue weighted by molar-refractivity contribution is 5.26. The van der Waals surface area contributed by atoms with Gasteiger partial charge in [0.1, 0.15) is 5.82 Å². The second-order valence-corrected chi connectivity index (χ2v) is 5.50. The predicted molar refractivity (Wildman–Crippen MR) is 67.1 cm³/mol. The van der Waals surface area contributed by atoms with E-state index in [1.54, 1.807) is 12.1 Å². The summed E-state index contributed by atoms with van der Waals surface area (Å²) in [5.74, 6) is 0.260. The highest BCUT2D eigenvalue weighted by atomic mass is 19.1. The van der Waals surface area contributed by atoms with E-state index < -0.39 is 5.60 Å². The molecular formula is C15H21FO. The third-order valence-electron chi connectivity index (χ3n) is 4.08. The van der Waals surface area contributed by atoms with E-state index in [4.69, 9.17) is 0 Å². The Morgan fingerprint density at radius 3 is 2.65 bits per heavy atom. The van der Waals surface area contributed by atoms with Gasteiger partial charge in [-0.25, -0.2) is 4.39 Å². The van der Waals surface area contributed by atoms with Crippen LogP contribution in [0.25, 0.3) is 0 Å². The van der Waals surface area contributed by atoms with E-state index in [1.807, 2.05) is 6.07 Å². The fourth-order valence-electron chi connectivity index (χ4n) is 3.21. The summed E-state index contributed by atoms with van der Waals surface area (Å²) in [5, 5.41) is 10.9. The van der Waals surface area contributed by atoms with E-state index in [0.717, 1.165) is 19.3 Å². The summed E-state index contributed by atoms with van der Waals surface area (Å²) >= 11 is 0. The minimum atomic E-state index is -0.974. The van der Waals surface area contributed by atoms with Crippen molar-refractivity contribution >= 4 is 0 Å². The highest BCUT2D eigenvalue weighted by Crippen LogP contribution is 2.45. The smallest absolute Gasteiger partial charge is 0.129 e. The summed E-state index contributed by atoms with van der Waals surface area (Å²) in [4.78, 5) is 0. The van der Waals surface area contributed by atoms with Crippen LogP contribution in [0.15, 0.2) is 24.3 Å². The first-order valence-electron chi connectivity index (χ1n) is 6.53. The van der Waals surface area contributed by atoms with Gasteiger partial charge in [0, 0.05) is 5.56 Å². The SMILES string of the molecule is CC(C)C1CCCCC1(O)c1ccccc1F. The Morgan fingerprint density at radius 2 is 2.00 bits per heavy atom. The summed E-state index contributed by atoms with van der Waals surface area (Å²) in [5.41, 5.74) is -0.490. The summed E-state index contributed by atoms with van der Waals surface area (Å²) in [6, 6.07) is 6.66. The van der Waals surface area contributed by atoms with E-state index in [9.17, 15) is 9.50 Å². The van der Waals surface area contributed by atoms with Crippen LogP contribution < -0.4 is 0 Å². The molecule has 2 unspecified atom stereocenters. The van der Waals surface area contributed by atoms with Crippen molar-refractivity contribution in [1.29, 1.82) is 0 Å². The Labute approximate surface area is 103 Å². The van der Waals surface area contributed by atoms with E-state index >= 15 is 0 Å². The van der Waals surface area contributed by atoms with Crippen LogP contribution in [0.2, 0.25) is 0 Å². The first-order valence-corrected chi connectivity index (χ1v) is 6.53. The number of hydrogen-bond acceptors (Lipinski definition) is 1. The molecule has 1 saturated carbocycles. The van der Waals surface area contributed by atoms with E-state index in [1.165, 1.54) is 6.07 Å². The Kier molecular flexibility index (Phi) is 3.53. The first kappa shape index (κ1) is 12.6. The highest BCUT2D eigenvalue weighted by Gasteiger charge is 2.43. The molecule has 0 bridgehead atoms. The Morgan fingerprint density at radius 1 is 1.29 bits per heavy atom. The lowest BCUT2D eigenvalue weighted by Crippen LogP contribution is -2.41. The van der Waals surface area contributed by atoms with Crippen molar-refractivity contribution in [1.82, 2.24) is 0 Å². The minimum absolute atomic E-state index is 0.160. The van der Waals surface area contributed by atoms with Crippen LogP contribution in [0.3, 0.4) is 0 Å². The van der Waals surface area contributed by atoms with Crippen molar-refractivity contribution in [3.63, 3.8) is 0 Å². The van der Waals surface area contributed by atoms with Gasteiger partial charge < -0.3 is 5.11 Å². The average molecular weight is 236 g/mol. The van der Waals surface area contributed by atoms with E-state index in [0.29, 0.717) is 17.9 Å². The largest absolute Gasteiger partial charge is 0.385 e. The van der Waals surface area contributed by atoms with Gasteiger partial charge in [-0.15, -0.1) is 0 Å². The Hall–Kier alpha value is -0.890. The number of hydrogen-bond donors (Lipinski definition) is 1. The molecule has 1 aliphatic carbocycles. The molecule has 0 spiro atoms. The summed E-state index contributed by atoms with van der Waals surface area (Å²) in [6.45, 7) is 4.23. The summed E-state index contributed by atoms with van der Waals surface area (Å²) in [7, 11) is 0. The topological polar surface area (TPSA) is 20.2 Å². The molecule has 1 N–H and O–H groups in total. The summed E-state index contributed by atoms with van der Waals surface area (Å²) < 4.78 is 13.9. The number of rotatable bonds is 2. The maximum atomic E-state index is 13.9. The molecule has 0 aliphatic heterocycles. The van der Waals surface area contributed by atoms with Gasteiger partial charge in [0.25, 0.3) is 0 Å². The molecule has 1 fully saturated rings. The molecular weight excluding hydrogens is 215 g/mol. The molecule has 17 heavy (non-hydrogen) atoms. The van der Waals surface area contributed by atoms with Crippen molar-refractivity contribution < 1.29 is 9.50 Å². The molecule has 1 aliphatic rings. The van der Waals surface area contributed by atoms with Gasteiger partial charge in [-0.3, -0.25) is 0 Å². The fraction of sp³-hybridized carbons (Fsp3) is 0.600. The van der Waals surface area contributed by atoms with Crippen molar-refractivity contribution in [2.24, 2.45) is 11.8 Å². The van der Waals surface area contributed by atoms with Crippen LogP contribution in [-0.2, 0) is 5.60 Å². The van der Waals surface area contributed by atoms with Crippen molar-refractivity contribution in [3.05, 3.63) is 35.6 Å². The maximum Gasteiger partial charge on any atom is 0.129 e. The average Bonchev–Trinajstić information content (AvgIpc) is 2.29. The third kappa shape index (κ3) is 2.23. The maximum absolute atomic E-state index is 13.9. The van der Waals surface area contributed by atoms with Crippen molar-refractivity contribution in [2.45, 2.75) is 45.1 Å². The zero-order chi connectivity index (χ0) is 12.5. The molecule has 2 heteroatoms. The number of aliphatic hydroxyl groups is 1. The van der Waals surface area contributed by atoms with Gasteiger partial charge in [0.15, 0.2) is 0 Å². The molecule has 94 valence electrons. The lowest BCUT2D eigenvalue weighted by atomic mass is 9.67. The van der Waals surface area contributed by atoms with E-state index in [-0.39, 0.29) is 11.7 Å². The second kappa shape index (κ2) is 4.77. The molecule has 0 radical (unpaired) electrons. The Bertz CT molecular complexity index is 388. The molecule has 1 nitrogen and oxygen atoms in total. The molecule has 0 saturated heterocycles. The fourth-order valence-corrected chi connectivity index (χ4v) is 3.21. The lowest BCUT2D eigenvalue weighted by Gasteiger charge is -2.42. The molecule has 0 heterocycles. The monoisotopic (exact) mass is 236 g/mol. The first-order chi connectivity index (χ1) is 8.05. The van der Waals surface area contributed by atoms with Gasteiger partial charge in [-0.1, -0.05) is 44.9 Å². The Balaban J connectivity index is 2.41. The number of benzene rings is 1. The molecule has 1 aromatic rings. The van der Waals surface area contributed by atoms with E-state index in [2.05, 4.69) is 13.8 Å². The van der Waals surface area contributed by atoms with Crippen molar-refractivity contribution in [2.75, 3.05) is 0 Å². The zero-order valence-electron chi connectivity index (χ0n) is 10.6.